The average Bonchev–Trinajstić information content (AvgIpc) is 3.23. The van der Waals surface area contributed by atoms with Gasteiger partial charge in [0.2, 0.25) is 0 Å². The molecule has 0 spiro atoms. The number of aromatic nitrogens is 2. The van der Waals surface area contributed by atoms with E-state index in [1.165, 1.54) is 13.2 Å². The minimum Gasteiger partial charge on any atom is -0.497 e. The first-order valence-corrected chi connectivity index (χ1v) is 11.1. The van der Waals surface area contributed by atoms with E-state index in [1.807, 2.05) is 0 Å². The molecule has 2 aromatic carbocycles. The van der Waals surface area contributed by atoms with Gasteiger partial charge in [0.05, 0.1) is 24.8 Å². The molecule has 0 bridgehead atoms. The summed E-state index contributed by atoms with van der Waals surface area (Å²) >= 11 is 7.11. The maximum absolute atomic E-state index is 13.4. The first kappa shape index (κ1) is 22.5. The van der Waals surface area contributed by atoms with Gasteiger partial charge in [-0.15, -0.1) is 11.3 Å². The standard InChI is InChI=1S/C23H18ClN3O5S/c1-3-32-23(30)19-17-12-33-21(25-20(28)13-5-4-6-14(24)11-13)18(17)22(29)27(26-19)15-7-9-16(31-2)10-8-15/h4-12H,3H2,1-2H3,(H,25,28). The lowest BCUT2D eigenvalue weighted by molar-refractivity contribution is 0.0520. The Labute approximate surface area is 197 Å². The zero-order valence-corrected chi connectivity index (χ0v) is 19.2. The molecule has 0 unspecified atom stereocenters. The third-order valence-corrected chi connectivity index (χ3v) is 5.88. The number of methoxy groups -OCH3 is 1. The lowest BCUT2D eigenvalue weighted by atomic mass is 10.2. The minimum atomic E-state index is -0.671. The molecule has 1 N–H and O–H groups in total. The molecule has 0 atom stereocenters. The van der Waals surface area contributed by atoms with Crippen molar-refractivity contribution in [3.8, 4) is 11.4 Å². The summed E-state index contributed by atoms with van der Waals surface area (Å²) in [4.78, 5) is 38.8. The summed E-state index contributed by atoms with van der Waals surface area (Å²) in [6.45, 7) is 1.82. The van der Waals surface area contributed by atoms with Crippen LogP contribution in [0.25, 0.3) is 16.5 Å². The van der Waals surface area contributed by atoms with Crippen molar-refractivity contribution < 1.29 is 19.1 Å². The summed E-state index contributed by atoms with van der Waals surface area (Å²) in [7, 11) is 1.53. The van der Waals surface area contributed by atoms with E-state index in [9.17, 15) is 14.4 Å². The Morgan fingerprint density at radius 2 is 1.94 bits per heavy atom. The fourth-order valence-electron chi connectivity index (χ4n) is 3.20. The topological polar surface area (TPSA) is 99.5 Å². The second-order valence-electron chi connectivity index (χ2n) is 6.80. The molecule has 10 heteroatoms. The highest BCUT2D eigenvalue weighted by atomic mass is 35.5. The summed E-state index contributed by atoms with van der Waals surface area (Å²) < 4.78 is 11.4. The van der Waals surface area contributed by atoms with Crippen molar-refractivity contribution >= 4 is 50.6 Å². The summed E-state index contributed by atoms with van der Waals surface area (Å²) in [6, 6.07) is 13.1. The fourth-order valence-corrected chi connectivity index (χ4v) is 4.32. The molecule has 4 rings (SSSR count). The molecular weight excluding hydrogens is 466 g/mol. The summed E-state index contributed by atoms with van der Waals surface area (Å²) in [6.07, 6.45) is 0. The molecule has 1 amide bonds. The van der Waals surface area contributed by atoms with Gasteiger partial charge in [0.1, 0.15) is 10.8 Å². The Morgan fingerprint density at radius 1 is 1.18 bits per heavy atom. The molecule has 8 nitrogen and oxygen atoms in total. The Hall–Kier alpha value is -3.69. The van der Waals surface area contributed by atoms with Gasteiger partial charge in [-0.2, -0.15) is 9.78 Å². The number of thiophene rings is 1. The first-order chi connectivity index (χ1) is 15.9. The SMILES string of the molecule is CCOC(=O)c1nn(-c2ccc(OC)cc2)c(=O)c2c(NC(=O)c3cccc(Cl)c3)scc12. The van der Waals surface area contributed by atoms with Gasteiger partial charge < -0.3 is 14.8 Å². The Bertz CT molecular complexity index is 1410. The van der Waals surface area contributed by atoms with E-state index in [0.717, 1.165) is 16.0 Å². The lowest BCUT2D eigenvalue weighted by Gasteiger charge is -2.10. The molecule has 33 heavy (non-hydrogen) atoms. The third-order valence-electron chi connectivity index (χ3n) is 4.75. The molecule has 0 fully saturated rings. The fraction of sp³-hybridized carbons (Fsp3) is 0.130. The summed E-state index contributed by atoms with van der Waals surface area (Å²) in [5.74, 6) is -0.509. The molecule has 2 heterocycles. The van der Waals surface area contributed by atoms with Crippen molar-refractivity contribution in [1.29, 1.82) is 0 Å². The number of ether oxygens (including phenoxy) is 2. The van der Waals surface area contributed by atoms with Crippen molar-refractivity contribution in [2.75, 3.05) is 19.0 Å². The number of benzene rings is 2. The first-order valence-electron chi connectivity index (χ1n) is 9.86. The van der Waals surface area contributed by atoms with Gasteiger partial charge in [-0.1, -0.05) is 17.7 Å². The van der Waals surface area contributed by atoms with Gasteiger partial charge in [-0.25, -0.2) is 4.79 Å². The molecule has 0 saturated heterocycles. The van der Waals surface area contributed by atoms with Crippen molar-refractivity contribution in [3.63, 3.8) is 0 Å². The number of rotatable bonds is 6. The van der Waals surface area contributed by atoms with E-state index in [0.29, 0.717) is 27.4 Å². The van der Waals surface area contributed by atoms with Crippen molar-refractivity contribution in [1.82, 2.24) is 9.78 Å². The van der Waals surface area contributed by atoms with Gasteiger partial charge in [0, 0.05) is 21.4 Å². The van der Waals surface area contributed by atoms with Gasteiger partial charge in [-0.05, 0) is 49.4 Å². The molecule has 0 radical (unpaired) electrons. The van der Waals surface area contributed by atoms with Crippen LogP contribution in [0.1, 0.15) is 27.8 Å². The van der Waals surface area contributed by atoms with E-state index in [4.69, 9.17) is 21.1 Å². The lowest BCUT2D eigenvalue weighted by Crippen LogP contribution is -2.25. The average molecular weight is 484 g/mol. The van der Waals surface area contributed by atoms with Crippen LogP contribution in [0.15, 0.2) is 58.7 Å². The van der Waals surface area contributed by atoms with Crippen LogP contribution < -0.4 is 15.6 Å². The zero-order chi connectivity index (χ0) is 23.5. The normalized spacial score (nSPS) is 10.8. The number of fused-ring (bicyclic) bond motifs is 1. The van der Waals surface area contributed by atoms with Crippen LogP contribution in [0.2, 0.25) is 5.02 Å². The van der Waals surface area contributed by atoms with Crippen LogP contribution >= 0.6 is 22.9 Å². The number of hydrogen-bond donors (Lipinski definition) is 1. The Balaban J connectivity index is 1.87. The number of halogens is 1. The number of hydrogen-bond acceptors (Lipinski definition) is 7. The van der Waals surface area contributed by atoms with E-state index in [-0.39, 0.29) is 22.7 Å². The van der Waals surface area contributed by atoms with Crippen molar-refractivity contribution in [2.24, 2.45) is 0 Å². The second-order valence-corrected chi connectivity index (χ2v) is 8.12. The largest absolute Gasteiger partial charge is 0.497 e. The Morgan fingerprint density at radius 3 is 2.61 bits per heavy atom. The number of nitrogens with one attached hydrogen (secondary N) is 1. The predicted molar refractivity (Wildman–Crippen MR) is 127 cm³/mol. The van der Waals surface area contributed by atoms with Crippen LogP contribution in [0.3, 0.4) is 0 Å². The number of nitrogens with zero attached hydrogens (tertiary/aromatic N) is 2. The molecule has 168 valence electrons. The van der Waals surface area contributed by atoms with Crippen molar-refractivity contribution in [2.45, 2.75) is 6.92 Å². The summed E-state index contributed by atoms with van der Waals surface area (Å²) in [5.41, 5.74) is 0.235. The van der Waals surface area contributed by atoms with Crippen LogP contribution in [0.4, 0.5) is 5.00 Å². The van der Waals surface area contributed by atoms with Gasteiger partial charge in [-0.3, -0.25) is 9.59 Å². The molecule has 0 aliphatic heterocycles. The maximum Gasteiger partial charge on any atom is 0.359 e. The van der Waals surface area contributed by atoms with E-state index >= 15 is 0 Å². The highest BCUT2D eigenvalue weighted by molar-refractivity contribution is 7.16. The highest BCUT2D eigenvalue weighted by Crippen LogP contribution is 2.31. The third kappa shape index (κ3) is 4.46. The van der Waals surface area contributed by atoms with Crippen LogP contribution in [0, 0.1) is 0 Å². The molecule has 0 saturated carbocycles. The number of esters is 1. The molecule has 0 aliphatic rings. The van der Waals surface area contributed by atoms with Gasteiger partial charge in [0.25, 0.3) is 11.5 Å². The number of amides is 1. The number of carbonyl (C=O) groups excluding carboxylic acids is 2. The van der Waals surface area contributed by atoms with Crippen LogP contribution in [0.5, 0.6) is 5.75 Å². The molecule has 2 aromatic heterocycles. The van der Waals surface area contributed by atoms with E-state index in [2.05, 4.69) is 10.4 Å². The predicted octanol–water partition coefficient (Wildman–Crippen LogP) is 4.54. The molecular formula is C23H18ClN3O5S. The van der Waals surface area contributed by atoms with Crippen LogP contribution in [-0.2, 0) is 4.74 Å². The quantitative estimate of drug-likeness (QED) is 0.404. The number of anilines is 1. The maximum atomic E-state index is 13.4. The highest BCUT2D eigenvalue weighted by Gasteiger charge is 2.23. The zero-order valence-electron chi connectivity index (χ0n) is 17.6. The van der Waals surface area contributed by atoms with Gasteiger partial charge in [0.15, 0.2) is 5.69 Å². The van der Waals surface area contributed by atoms with E-state index in [1.54, 1.807) is 54.8 Å². The smallest absolute Gasteiger partial charge is 0.359 e. The molecule has 0 aliphatic carbocycles. The number of carbonyl (C=O) groups is 2. The van der Waals surface area contributed by atoms with Gasteiger partial charge >= 0.3 is 5.97 Å². The summed E-state index contributed by atoms with van der Waals surface area (Å²) in [5, 5.41) is 9.78. The molecule has 4 aromatic rings. The monoisotopic (exact) mass is 483 g/mol. The minimum absolute atomic E-state index is 0.0261. The van der Waals surface area contributed by atoms with Crippen LogP contribution in [-0.4, -0.2) is 35.4 Å². The van der Waals surface area contributed by atoms with E-state index < -0.39 is 17.4 Å². The van der Waals surface area contributed by atoms with Crippen molar-refractivity contribution in [3.05, 3.63) is 80.5 Å². The Kier molecular flexibility index (Phi) is 6.43. The second kappa shape index (κ2) is 9.43.